The van der Waals surface area contributed by atoms with Crippen LogP contribution < -0.4 is 0 Å². The molecule has 106 valence electrons. The van der Waals surface area contributed by atoms with Crippen LogP contribution in [0.1, 0.15) is 52.4 Å². The molecule has 1 N–H and O–H groups in total. The summed E-state index contributed by atoms with van der Waals surface area (Å²) >= 11 is 0. The molecule has 3 unspecified atom stereocenters. The molecule has 0 aromatic rings. The Hall–Kier alpha value is -0.120. The molecule has 2 aliphatic heterocycles. The van der Waals surface area contributed by atoms with Crippen LogP contribution in [0.5, 0.6) is 0 Å². The number of aliphatic hydroxyl groups is 1. The Morgan fingerprint density at radius 2 is 2.00 bits per heavy atom. The molecule has 0 amide bonds. The van der Waals surface area contributed by atoms with Gasteiger partial charge in [-0.2, -0.15) is 0 Å². The van der Waals surface area contributed by atoms with E-state index in [0.717, 1.165) is 58.3 Å². The highest BCUT2D eigenvalue weighted by Gasteiger charge is 2.41. The summed E-state index contributed by atoms with van der Waals surface area (Å²) in [4.78, 5) is 0. The van der Waals surface area contributed by atoms with Crippen LogP contribution in [0.2, 0.25) is 0 Å². The number of hydrogen-bond acceptors (Lipinski definition) is 3. The quantitative estimate of drug-likeness (QED) is 0.840. The second-order valence-electron chi connectivity index (χ2n) is 6.15. The van der Waals surface area contributed by atoms with Crippen molar-refractivity contribution in [1.82, 2.24) is 0 Å². The molecule has 0 aromatic carbocycles. The lowest BCUT2D eigenvalue weighted by Crippen LogP contribution is -2.47. The van der Waals surface area contributed by atoms with Crippen LogP contribution in [-0.4, -0.2) is 36.6 Å². The number of hydrogen-bond donors (Lipinski definition) is 1. The summed E-state index contributed by atoms with van der Waals surface area (Å²) in [5, 5.41) is 10.5. The van der Waals surface area contributed by atoms with Gasteiger partial charge in [0.15, 0.2) is 0 Å². The predicted molar refractivity (Wildman–Crippen MR) is 71.5 cm³/mol. The summed E-state index contributed by atoms with van der Waals surface area (Å²) in [5.74, 6) is 0.827. The van der Waals surface area contributed by atoms with Gasteiger partial charge in [0.1, 0.15) is 0 Å². The molecule has 3 atom stereocenters. The molecular weight excluding hydrogens is 228 g/mol. The molecule has 18 heavy (non-hydrogen) atoms. The molecule has 0 radical (unpaired) electrons. The fraction of sp³-hybridized carbons (Fsp3) is 1.00. The van der Waals surface area contributed by atoms with Crippen molar-refractivity contribution in [1.29, 1.82) is 0 Å². The van der Waals surface area contributed by atoms with E-state index in [1.807, 2.05) is 0 Å². The molecule has 0 bridgehead atoms. The molecule has 0 saturated carbocycles. The van der Waals surface area contributed by atoms with Gasteiger partial charge in [-0.25, -0.2) is 0 Å². The summed E-state index contributed by atoms with van der Waals surface area (Å²) in [7, 11) is 0. The fourth-order valence-electron chi connectivity index (χ4n) is 3.54. The van der Waals surface area contributed by atoms with Gasteiger partial charge in [0.2, 0.25) is 0 Å². The van der Waals surface area contributed by atoms with E-state index in [1.165, 1.54) is 0 Å². The van der Waals surface area contributed by atoms with Crippen LogP contribution in [0.4, 0.5) is 0 Å². The first kappa shape index (κ1) is 14.3. The molecule has 0 aromatic heterocycles. The van der Waals surface area contributed by atoms with Crippen molar-refractivity contribution in [2.75, 3.05) is 19.8 Å². The zero-order valence-electron chi connectivity index (χ0n) is 11.9. The second-order valence-corrected chi connectivity index (χ2v) is 6.15. The lowest BCUT2D eigenvalue weighted by molar-refractivity contribution is -0.162. The van der Waals surface area contributed by atoms with Crippen molar-refractivity contribution in [3.05, 3.63) is 0 Å². The topological polar surface area (TPSA) is 38.7 Å². The molecule has 2 heterocycles. The summed E-state index contributed by atoms with van der Waals surface area (Å²) in [6, 6.07) is 0. The predicted octanol–water partition coefficient (Wildman–Crippen LogP) is 2.76. The normalized spacial score (nSPS) is 31.2. The van der Waals surface area contributed by atoms with Crippen LogP contribution in [0.3, 0.4) is 0 Å². The van der Waals surface area contributed by atoms with Gasteiger partial charge in [-0.3, -0.25) is 0 Å². The summed E-state index contributed by atoms with van der Waals surface area (Å²) in [6.45, 7) is 6.80. The Kier molecular flexibility index (Phi) is 5.05. The molecule has 2 rings (SSSR count). The van der Waals surface area contributed by atoms with Gasteiger partial charge in [0.05, 0.1) is 11.7 Å². The second kappa shape index (κ2) is 6.36. The summed E-state index contributed by atoms with van der Waals surface area (Å²) in [6.07, 6.45) is 6.14. The van der Waals surface area contributed by atoms with Crippen LogP contribution >= 0.6 is 0 Å². The monoisotopic (exact) mass is 256 g/mol. The standard InChI is InChI=1S/C15H28O3/c1-3-4-12(2)14(16)13-5-8-18-15(11-13)6-9-17-10-7-15/h12-14,16H,3-11H2,1-2H3. The zero-order chi connectivity index (χ0) is 13.0. The maximum absolute atomic E-state index is 10.5. The van der Waals surface area contributed by atoms with Crippen LogP contribution in [0, 0.1) is 11.8 Å². The Bertz CT molecular complexity index is 243. The third-order valence-electron chi connectivity index (χ3n) is 4.75. The number of aliphatic hydroxyl groups excluding tert-OH is 1. The Morgan fingerprint density at radius 3 is 2.67 bits per heavy atom. The molecule has 3 heteroatoms. The minimum Gasteiger partial charge on any atom is -0.393 e. The molecule has 2 saturated heterocycles. The maximum atomic E-state index is 10.5. The van der Waals surface area contributed by atoms with E-state index in [9.17, 15) is 5.11 Å². The van der Waals surface area contributed by atoms with Gasteiger partial charge in [-0.1, -0.05) is 20.3 Å². The van der Waals surface area contributed by atoms with Gasteiger partial charge < -0.3 is 14.6 Å². The van der Waals surface area contributed by atoms with E-state index in [-0.39, 0.29) is 11.7 Å². The minimum atomic E-state index is -0.159. The first-order valence-corrected chi connectivity index (χ1v) is 7.56. The van der Waals surface area contributed by atoms with Crippen molar-refractivity contribution >= 4 is 0 Å². The third kappa shape index (κ3) is 3.25. The maximum Gasteiger partial charge on any atom is 0.0730 e. The fourth-order valence-corrected chi connectivity index (χ4v) is 3.54. The van der Waals surface area contributed by atoms with E-state index >= 15 is 0 Å². The van der Waals surface area contributed by atoms with Gasteiger partial charge in [0.25, 0.3) is 0 Å². The van der Waals surface area contributed by atoms with E-state index < -0.39 is 0 Å². The molecule has 2 fully saturated rings. The number of ether oxygens (including phenoxy) is 2. The van der Waals surface area contributed by atoms with Crippen molar-refractivity contribution in [3.63, 3.8) is 0 Å². The van der Waals surface area contributed by atoms with Crippen molar-refractivity contribution < 1.29 is 14.6 Å². The first-order valence-electron chi connectivity index (χ1n) is 7.56. The lowest BCUT2D eigenvalue weighted by atomic mass is 9.75. The Balaban J connectivity index is 1.93. The SMILES string of the molecule is CCCC(C)C(O)C1CCOC2(CCOCC2)C1. The Morgan fingerprint density at radius 1 is 1.28 bits per heavy atom. The van der Waals surface area contributed by atoms with Crippen molar-refractivity contribution in [2.45, 2.75) is 64.1 Å². The molecule has 0 aliphatic carbocycles. The van der Waals surface area contributed by atoms with E-state index in [0.29, 0.717) is 11.8 Å². The zero-order valence-corrected chi connectivity index (χ0v) is 11.9. The average molecular weight is 256 g/mol. The first-order chi connectivity index (χ1) is 8.67. The highest BCUT2D eigenvalue weighted by atomic mass is 16.5. The summed E-state index contributed by atoms with van der Waals surface area (Å²) in [5.41, 5.74) is 0.00802. The van der Waals surface area contributed by atoms with Gasteiger partial charge in [-0.05, 0) is 43.9 Å². The smallest absolute Gasteiger partial charge is 0.0730 e. The van der Waals surface area contributed by atoms with Crippen molar-refractivity contribution in [3.8, 4) is 0 Å². The summed E-state index contributed by atoms with van der Waals surface area (Å²) < 4.78 is 11.5. The van der Waals surface area contributed by atoms with Gasteiger partial charge in [-0.15, -0.1) is 0 Å². The van der Waals surface area contributed by atoms with Crippen molar-refractivity contribution in [2.24, 2.45) is 11.8 Å². The third-order valence-corrected chi connectivity index (χ3v) is 4.75. The largest absolute Gasteiger partial charge is 0.393 e. The van der Waals surface area contributed by atoms with Gasteiger partial charge in [0, 0.05) is 19.8 Å². The highest BCUT2D eigenvalue weighted by molar-refractivity contribution is 4.91. The molecular formula is C15H28O3. The molecule has 1 spiro atoms. The lowest BCUT2D eigenvalue weighted by Gasteiger charge is -2.45. The van der Waals surface area contributed by atoms with Crippen LogP contribution in [-0.2, 0) is 9.47 Å². The van der Waals surface area contributed by atoms with Crippen LogP contribution in [0.25, 0.3) is 0 Å². The average Bonchev–Trinajstić information content (AvgIpc) is 2.39. The van der Waals surface area contributed by atoms with E-state index in [1.54, 1.807) is 0 Å². The highest BCUT2D eigenvalue weighted by Crippen LogP contribution is 2.39. The van der Waals surface area contributed by atoms with Gasteiger partial charge >= 0.3 is 0 Å². The molecule has 3 nitrogen and oxygen atoms in total. The van der Waals surface area contributed by atoms with E-state index in [2.05, 4.69) is 13.8 Å². The molecule has 2 aliphatic rings. The Labute approximate surface area is 111 Å². The minimum absolute atomic E-state index is 0.00802. The number of rotatable bonds is 4. The van der Waals surface area contributed by atoms with E-state index in [4.69, 9.17) is 9.47 Å². The van der Waals surface area contributed by atoms with Crippen LogP contribution in [0.15, 0.2) is 0 Å².